The van der Waals surface area contributed by atoms with E-state index in [1.165, 1.54) is 6.07 Å². The van der Waals surface area contributed by atoms with Crippen LogP contribution in [0.5, 0.6) is 17.4 Å². The minimum Gasteiger partial charge on any atom is -0.473 e. The fraction of sp³-hybridized carbons (Fsp3) is 0.100. The SMILES string of the molecule is FC(F)(F)c1cc(Oc2ccc(COc3ccn4ccnc4n3)cc2)ccc1Cl. The summed E-state index contributed by atoms with van der Waals surface area (Å²) in [6.07, 6.45) is 0.667. The maximum absolute atomic E-state index is 12.9. The molecule has 0 spiro atoms. The summed E-state index contributed by atoms with van der Waals surface area (Å²) in [5.74, 6) is 1.40. The third kappa shape index (κ3) is 4.43. The van der Waals surface area contributed by atoms with Crippen molar-refractivity contribution in [1.82, 2.24) is 14.4 Å². The molecule has 4 rings (SSSR count). The van der Waals surface area contributed by atoms with Crippen molar-refractivity contribution in [2.75, 3.05) is 0 Å². The largest absolute Gasteiger partial charge is 0.473 e. The molecule has 4 aromatic rings. The minimum atomic E-state index is -4.55. The number of alkyl halides is 3. The zero-order chi connectivity index (χ0) is 20.4. The summed E-state index contributed by atoms with van der Waals surface area (Å²) in [6.45, 7) is 0.267. The molecule has 0 fully saturated rings. The zero-order valence-electron chi connectivity index (χ0n) is 14.7. The molecule has 0 amide bonds. The lowest BCUT2D eigenvalue weighted by atomic mass is 10.2. The Bertz CT molecular complexity index is 1140. The van der Waals surface area contributed by atoms with E-state index in [4.69, 9.17) is 21.1 Å². The van der Waals surface area contributed by atoms with E-state index in [0.29, 0.717) is 17.4 Å². The van der Waals surface area contributed by atoms with Gasteiger partial charge in [-0.05, 0) is 35.9 Å². The van der Waals surface area contributed by atoms with Gasteiger partial charge in [0.15, 0.2) is 0 Å². The second kappa shape index (κ2) is 7.63. The first-order valence-corrected chi connectivity index (χ1v) is 8.82. The molecule has 148 valence electrons. The van der Waals surface area contributed by atoms with Crippen LogP contribution in [0.3, 0.4) is 0 Å². The molecule has 0 unspecified atom stereocenters. The van der Waals surface area contributed by atoms with Gasteiger partial charge in [0, 0.05) is 24.7 Å². The maximum atomic E-state index is 12.9. The summed E-state index contributed by atoms with van der Waals surface area (Å²) in [5, 5.41) is -0.375. The lowest BCUT2D eigenvalue weighted by Gasteiger charge is -2.12. The van der Waals surface area contributed by atoms with Crippen molar-refractivity contribution in [2.24, 2.45) is 0 Å². The van der Waals surface area contributed by atoms with E-state index in [-0.39, 0.29) is 17.4 Å². The van der Waals surface area contributed by atoms with E-state index in [2.05, 4.69) is 9.97 Å². The molecule has 2 heterocycles. The Morgan fingerprint density at radius 3 is 2.48 bits per heavy atom. The van der Waals surface area contributed by atoms with Crippen molar-refractivity contribution in [2.45, 2.75) is 12.8 Å². The third-order valence-corrected chi connectivity index (χ3v) is 4.35. The van der Waals surface area contributed by atoms with Crippen molar-refractivity contribution < 1.29 is 22.6 Å². The molecule has 0 saturated carbocycles. The molecule has 0 atom stereocenters. The zero-order valence-corrected chi connectivity index (χ0v) is 15.5. The van der Waals surface area contributed by atoms with Gasteiger partial charge in [-0.2, -0.15) is 18.2 Å². The summed E-state index contributed by atoms with van der Waals surface area (Å²) >= 11 is 5.62. The van der Waals surface area contributed by atoms with Crippen molar-refractivity contribution in [1.29, 1.82) is 0 Å². The summed E-state index contributed by atoms with van der Waals surface area (Å²) in [4.78, 5) is 8.35. The molecule has 0 aliphatic carbocycles. The minimum absolute atomic E-state index is 0.0444. The van der Waals surface area contributed by atoms with Crippen LogP contribution in [0.15, 0.2) is 67.1 Å². The molecule has 0 aliphatic heterocycles. The van der Waals surface area contributed by atoms with Crippen LogP contribution < -0.4 is 9.47 Å². The topological polar surface area (TPSA) is 48.7 Å². The number of hydrogen-bond acceptors (Lipinski definition) is 4. The summed E-state index contributed by atoms with van der Waals surface area (Å²) in [7, 11) is 0. The van der Waals surface area contributed by atoms with Crippen LogP contribution in [0.1, 0.15) is 11.1 Å². The first-order valence-electron chi connectivity index (χ1n) is 8.44. The molecule has 5 nitrogen and oxygen atoms in total. The van der Waals surface area contributed by atoms with Crippen molar-refractivity contribution >= 4 is 17.4 Å². The van der Waals surface area contributed by atoms with Crippen LogP contribution in [-0.2, 0) is 12.8 Å². The molecule has 0 bridgehead atoms. The number of halogens is 4. The standard InChI is InChI=1S/C20H13ClF3N3O2/c21-17-6-5-15(11-16(17)20(22,23)24)29-14-3-1-13(2-4-14)12-28-18-7-9-27-10-8-25-19(27)26-18/h1-11H,12H2. The van der Waals surface area contributed by atoms with Crippen LogP contribution in [0, 0.1) is 0 Å². The smallest absolute Gasteiger partial charge is 0.417 e. The molecule has 2 aromatic heterocycles. The lowest BCUT2D eigenvalue weighted by molar-refractivity contribution is -0.137. The third-order valence-electron chi connectivity index (χ3n) is 4.03. The maximum Gasteiger partial charge on any atom is 0.417 e. The highest BCUT2D eigenvalue weighted by atomic mass is 35.5. The van der Waals surface area contributed by atoms with E-state index >= 15 is 0 Å². The summed E-state index contributed by atoms with van der Waals surface area (Å²) in [5.41, 5.74) is -0.0990. The van der Waals surface area contributed by atoms with E-state index < -0.39 is 11.7 Å². The van der Waals surface area contributed by atoms with Gasteiger partial charge in [-0.15, -0.1) is 0 Å². The number of benzene rings is 2. The predicted molar refractivity (Wildman–Crippen MR) is 100 cm³/mol. The number of hydrogen-bond donors (Lipinski definition) is 0. The monoisotopic (exact) mass is 419 g/mol. The second-order valence-electron chi connectivity index (χ2n) is 6.07. The number of rotatable bonds is 5. The fourth-order valence-corrected chi connectivity index (χ4v) is 2.83. The fourth-order valence-electron chi connectivity index (χ4n) is 2.60. The van der Waals surface area contributed by atoms with E-state index in [0.717, 1.165) is 17.7 Å². The quantitative estimate of drug-likeness (QED) is 0.412. The molecular weight excluding hydrogens is 407 g/mol. The Morgan fingerprint density at radius 1 is 0.966 bits per heavy atom. The Kier molecular flexibility index (Phi) is 5.02. The predicted octanol–water partition coefficient (Wildman–Crippen LogP) is 5.77. The van der Waals surface area contributed by atoms with Crippen LogP contribution >= 0.6 is 11.6 Å². The van der Waals surface area contributed by atoms with Gasteiger partial charge >= 0.3 is 6.18 Å². The molecule has 29 heavy (non-hydrogen) atoms. The molecule has 9 heteroatoms. The highest BCUT2D eigenvalue weighted by molar-refractivity contribution is 6.31. The number of imidazole rings is 1. The highest BCUT2D eigenvalue weighted by Gasteiger charge is 2.33. The van der Waals surface area contributed by atoms with Crippen molar-refractivity contribution in [3.05, 3.63) is 83.3 Å². The van der Waals surface area contributed by atoms with Crippen LogP contribution in [0.25, 0.3) is 5.78 Å². The van der Waals surface area contributed by atoms with Gasteiger partial charge in [0.1, 0.15) is 18.1 Å². The van der Waals surface area contributed by atoms with Crippen LogP contribution in [0.4, 0.5) is 13.2 Å². The van der Waals surface area contributed by atoms with Gasteiger partial charge in [-0.1, -0.05) is 23.7 Å². The van der Waals surface area contributed by atoms with Gasteiger partial charge < -0.3 is 9.47 Å². The molecule has 0 saturated heterocycles. The van der Waals surface area contributed by atoms with Crippen molar-refractivity contribution in [3.63, 3.8) is 0 Å². The van der Waals surface area contributed by atoms with E-state index in [1.807, 2.05) is 0 Å². The molecule has 0 radical (unpaired) electrons. The average molecular weight is 420 g/mol. The normalized spacial score (nSPS) is 11.6. The van der Waals surface area contributed by atoms with Crippen LogP contribution in [-0.4, -0.2) is 14.4 Å². The van der Waals surface area contributed by atoms with Gasteiger partial charge in [0.2, 0.25) is 11.7 Å². The molecule has 0 N–H and O–H groups in total. The summed E-state index contributed by atoms with van der Waals surface area (Å²) in [6, 6.07) is 11.9. The van der Waals surface area contributed by atoms with E-state index in [1.54, 1.807) is 53.3 Å². The highest BCUT2D eigenvalue weighted by Crippen LogP contribution is 2.37. The van der Waals surface area contributed by atoms with Gasteiger partial charge in [0.25, 0.3) is 0 Å². The first kappa shape index (κ1) is 19.1. The average Bonchev–Trinajstić information content (AvgIpc) is 3.16. The molecule has 2 aromatic carbocycles. The van der Waals surface area contributed by atoms with Gasteiger partial charge in [0.05, 0.1) is 10.6 Å². The number of fused-ring (bicyclic) bond motifs is 1. The molecule has 0 aliphatic rings. The second-order valence-corrected chi connectivity index (χ2v) is 6.48. The van der Waals surface area contributed by atoms with Crippen molar-refractivity contribution in [3.8, 4) is 17.4 Å². The Hall–Kier alpha value is -3.26. The number of nitrogens with zero attached hydrogens (tertiary/aromatic N) is 3. The van der Waals surface area contributed by atoms with E-state index in [9.17, 15) is 13.2 Å². The van der Waals surface area contributed by atoms with Gasteiger partial charge in [-0.3, -0.25) is 4.40 Å². The Balaban J connectivity index is 1.41. The number of aromatic nitrogens is 3. The Labute approximate surface area is 168 Å². The Morgan fingerprint density at radius 2 is 1.72 bits per heavy atom. The lowest BCUT2D eigenvalue weighted by Crippen LogP contribution is -2.05. The molecular formula is C20H13ClF3N3O2. The number of ether oxygens (including phenoxy) is 2. The summed E-state index contributed by atoms with van der Waals surface area (Å²) < 4.78 is 51.8. The van der Waals surface area contributed by atoms with Gasteiger partial charge in [-0.25, -0.2) is 4.98 Å². The first-order chi connectivity index (χ1) is 13.9. The van der Waals surface area contributed by atoms with Crippen LogP contribution in [0.2, 0.25) is 5.02 Å².